The van der Waals surface area contributed by atoms with Crippen LogP contribution in [-0.2, 0) is 15.5 Å². The number of methoxy groups -OCH3 is 1. The predicted molar refractivity (Wildman–Crippen MR) is 196 cm³/mol. The van der Waals surface area contributed by atoms with Gasteiger partial charge in [-0.25, -0.2) is 9.20 Å². The lowest BCUT2D eigenvalue weighted by Crippen LogP contribution is -2.52. The average Bonchev–Trinajstić information content (AvgIpc) is 3.91. The van der Waals surface area contributed by atoms with E-state index in [1.165, 1.54) is 0 Å². The highest BCUT2D eigenvalue weighted by molar-refractivity contribution is 7.89. The van der Waals surface area contributed by atoms with Crippen LogP contribution in [0.1, 0.15) is 28.1 Å². The van der Waals surface area contributed by atoms with Gasteiger partial charge in [0.15, 0.2) is 0 Å². The number of benzene rings is 4. The molecule has 3 aliphatic heterocycles. The Morgan fingerprint density at radius 1 is 0.592 bits per heavy atom. The van der Waals surface area contributed by atoms with Gasteiger partial charge in [0.25, 0.3) is 0 Å². The molecule has 0 aliphatic carbocycles. The van der Waals surface area contributed by atoms with Crippen molar-refractivity contribution in [2.24, 2.45) is 4.99 Å². The first-order chi connectivity index (χ1) is 24.2. The van der Waals surface area contributed by atoms with E-state index in [0.29, 0.717) is 21.2 Å². The summed E-state index contributed by atoms with van der Waals surface area (Å²) in [5.41, 5.74) is 9.39. The molecule has 0 fully saturated rings. The van der Waals surface area contributed by atoms with Gasteiger partial charge in [0.1, 0.15) is 5.75 Å². The number of nitrogens with zero attached hydrogens (tertiary/aromatic N) is 3. The van der Waals surface area contributed by atoms with Gasteiger partial charge in [0.2, 0.25) is 0 Å². The van der Waals surface area contributed by atoms with Crippen LogP contribution >= 0.6 is 0 Å². The summed E-state index contributed by atoms with van der Waals surface area (Å²) in [6, 6.07) is 47.2. The van der Waals surface area contributed by atoms with Crippen LogP contribution in [0.2, 0.25) is 0 Å². The van der Waals surface area contributed by atoms with E-state index in [1.807, 2.05) is 72.8 Å². The third-order valence-electron chi connectivity index (χ3n) is 9.40. The minimum Gasteiger partial charge on any atom is -0.497 e. The van der Waals surface area contributed by atoms with Gasteiger partial charge in [0, 0.05) is 50.8 Å². The molecule has 1 atom stereocenters. The summed E-state index contributed by atoms with van der Waals surface area (Å²) in [5, 5.41) is 2.01. The van der Waals surface area contributed by atoms with E-state index < -0.39 is 18.0 Å². The Morgan fingerprint density at radius 3 is 1.69 bits per heavy atom. The quantitative estimate of drug-likeness (QED) is 0.198. The Morgan fingerprint density at radius 2 is 1.12 bits per heavy atom. The maximum absolute atomic E-state index is 14.7. The molecule has 6 aromatic rings. The van der Waals surface area contributed by atoms with E-state index in [4.69, 9.17) is 14.4 Å². The van der Waals surface area contributed by atoms with Crippen LogP contribution in [0, 0.1) is 0 Å². The molecule has 6 nitrogen and oxygen atoms in total. The zero-order valence-corrected chi connectivity index (χ0v) is 27.7. The highest BCUT2D eigenvalue weighted by Crippen LogP contribution is 2.41. The zero-order valence-electron chi connectivity index (χ0n) is 26.9. The maximum Gasteiger partial charge on any atom is 0.557 e. The van der Waals surface area contributed by atoms with Gasteiger partial charge >= 0.3 is 7.19 Å². The third-order valence-corrected chi connectivity index (χ3v) is 10.8. The summed E-state index contributed by atoms with van der Waals surface area (Å²) in [6.45, 7) is 0. The Bertz CT molecular complexity index is 2510. The van der Waals surface area contributed by atoms with E-state index in [1.54, 1.807) is 14.2 Å². The van der Waals surface area contributed by atoms with Crippen LogP contribution < -0.4 is 15.4 Å². The molecular weight excluding hydrogens is 625 g/mol. The molecule has 0 amide bonds. The van der Waals surface area contributed by atoms with Crippen molar-refractivity contribution in [2.45, 2.75) is 4.90 Å². The molecule has 4 aromatic carbocycles. The van der Waals surface area contributed by atoms with Gasteiger partial charge in [-0.3, -0.25) is 0 Å². The first kappa shape index (κ1) is 29.4. The number of aromatic nitrogens is 2. The number of hydrogen-bond donors (Lipinski definition) is 0. The molecule has 2 aromatic heterocycles. The number of fused-ring (bicyclic) bond motifs is 1. The van der Waals surface area contributed by atoms with Crippen LogP contribution in [-0.4, -0.2) is 40.3 Å². The summed E-state index contributed by atoms with van der Waals surface area (Å²) in [4.78, 5) is 6.75. The monoisotopic (exact) mass is 655 g/mol. The largest absolute Gasteiger partial charge is 0.557 e. The fourth-order valence-corrected chi connectivity index (χ4v) is 8.44. The van der Waals surface area contributed by atoms with E-state index in [-0.39, 0.29) is 0 Å². The second-order valence-corrected chi connectivity index (χ2v) is 13.5. The molecule has 1 unspecified atom stereocenters. The number of rotatable bonds is 7. The van der Waals surface area contributed by atoms with Crippen molar-refractivity contribution >= 4 is 40.4 Å². The van der Waals surface area contributed by atoms with Gasteiger partial charge < -0.3 is 18.3 Å². The van der Waals surface area contributed by atoms with Crippen LogP contribution in [0.25, 0.3) is 16.7 Å². The highest BCUT2D eigenvalue weighted by atomic mass is 32.2. The van der Waals surface area contributed by atoms with Crippen LogP contribution in [0.4, 0.5) is 0 Å². The fourth-order valence-electron chi connectivity index (χ4n) is 7.26. The normalized spacial score (nSPS) is 15.3. The molecule has 8 heteroatoms. The van der Waals surface area contributed by atoms with Crippen molar-refractivity contribution in [1.29, 1.82) is 0 Å². The van der Waals surface area contributed by atoms with Crippen LogP contribution in [0.5, 0.6) is 5.75 Å². The molecular formula is C41H30BN3O3S. The molecule has 3 aliphatic rings. The highest BCUT2D eigenvalue weighted by Gasteiger charge is 2.38. The second kappa shape index (κ2) is 11.8. The van der Waals surface area contributed by atoms with Gasteiger partial charge in [-0.15, -0.1) is 0 Å². The maximum atomic E-state index is 14.7. The fraction of sp³-hybridized carbons (Fsp3) is 0.0488. The smallest absolute Gasteiger partial charge is 0.497 e. The number of aliphatic imine (C=N–C) groups is 1. The summed E-state index contributed by atoms with van der Waals surface area (Å²) >= 11 is 0. The third kappa shape index (κ3) is 4.59. The Hall–Kier alpha value is -5.70. The predicted octanol–water partition coefficient (Wildman–Crippen LogP) is 6.00. The molecule has 236 valence electrons. The SMILES string of the molecule is COB1n2c3ccc2C(c2ccccc2)=c2ccc(n21)=C(c1ccccc1)C1=NC(=C3c2ccccc2)C(S(=O)c2ccc(OC)cc2)=C1. The Kier molecular flexibility index (Phi) is 7.07. The Balaban J connectivity index is 1.46. The molecule has 0 spiro atoms. The Labute approximate surface area is 286 Å². The minimum absolute atomic E-state index is 0.501. The summed E-state index contributed by atoms with van der Waals surface area (Å²) in [7, 11) is 1.33. The van der Waals surface area contributed by atoms with Gasteiger partial charge in [-0.2, -0.15) is 0 Å². The molecule has 0 N–H and O–H groups in total. The van der Waals surface area contributed by atoms with E-state index in [2.05, 4.69) is 81.8 Å². The lowest BCUT2D eigenvalue weighted by Gasteiger charge is -2.28. The van der Waals surface area contributed by atoms with Crippen LogP contribution in [0.3, 0.4) is 0 Å². The van der Waals surface area contributed by atoms with Crippen molar-refractivity contribution in [1.82, 2.24) is 8.96 Å². The molecule has 9 rings (SSSR count). The number of hydrogen-bond acceptors (Lipinski definition) is 4. The molecule has 5 heterocycles. The topological polar surface area (TPSA) is 57.8 Å². The van der Waals surface area contributed by atoms with Crippen molar-refractivity contribution in [3.05, 3.63) is 195 Å². The van der Waals surface area contributed by atoms with E-state index in [0.717, 1.165) is 61.2 Å². The van der Waals surface area contributed by atoms with E-state index in [9.17, 15) is 4.21 Å². The van der Waals surface area contributed by atoms with Crippen molar-refractivity contribution in [3.8, 4) is 5.75 Å². The summed E-state index contributed by atoms with van der Waals surface area (Å²) in [6.07, 6.45) is 2.01. The zero-order chi connectivity index (χ0) is 33.1. The van der Waals surface area contributed by atoms with Crippen molar-refractivity contribution in [3.63, 3.8) is 0 Å². The second-order valence-electron chi connectivity index (χ2n) is 12.0. The van der Waals surface area contributed by atoms with Crippen LogP contribution in [0.15, 0.2) is 166 Å². The molecule has 49 heavy (non-hydrogen) atoms. The summed E-state index contributed by atoms with van der Waals surface area (Å²) < 4.78 is 31.2. The number of allylic oxidation sites excluding steroid dienone is 1. The van der Waals surface area contributed by atoms with E-state index >= 15 is 0 Å². The standard InChI is InChI=1S/C41H30BN3O3S/c1-47-30-18-20-31(21-19-30)49(46)37-26-32-38(27-12-6-3-7-13-27)33-22-23-34-39(28-14-8-4-9-15-28)35-24-25-36(45(35)42(48-2)44(33)34)40(41(37)43-32)29-16-10-5-11-17-29/h3-26H,1-2H3. The number of ether oxygens (including phenoxy) is 1. The van der Waals surface area contributed by atoms with Crippen molar-refractivity contribution < 1.29 is 13.6 Å². The van der Waals surface area contributed by atoms with Crippen molar-refractivity contribution in [2.75, 3.05) is 14.2 Å². The van der Waals surface area contributed by atoms with Gasteiger partial charge in [-0.1, -0.05) is 91.0 Å². The van der Waals surface area contributed by atoms with Gasteiger partial charge in [0.05, 0.1) is 34.2 Å². The molecule has 0 saturated carbocycles. The van der Waals surface area contributed by atoms with Gasteiger partial charge in [-0.05, 0) is 71.3 Å². The summed E-state index contributed by atoms with van der Waals surface area (Å²) in [5.74, 6) is 0.709. The first-order valence-corrected chi connectivity index (χ1v) is 17.3. The average molecular weight is 656 g/mol. The lowest BCUT2D eigenvalue weighted by atomic mass is 9.88. The molecule has 0 saturated heterocycles. The molecule has 0 radical (unpaired) electrons. The minimum atomic E-state index is -1.56. The lowest BCUT2D eigenvalue weighted by molar-refractivity contribution is 0.396. The first-order valence-electron chi connectivity index (χ1n) is 16.1. The molecule has 4 bridgehead atoms.